The van der Waals surface area contributed by atoms with Gasteiger partial charge in [-0.15, -0.1) is 0 Å². The summed E-state index contributed by atoms with van der Waals surface area (Å²) in [7, 11) is 0. The third-order valence-electron chi connectivity index (χ3n) is 2.81. The highest BCUT2D eigenvalue weighted by molar-refractivity contribution is 5.85. The Bertz CT molecular complexity index is 288. The normalized spacial score (nSPS) is 22.2. The smallest absolute Gasteiger partial charge is 0.434 e. The second kappa shape index (κ2) is 6.00. The first kappa shape index (κ1) is 14.0. The minimum absolute atomic E-state index is 0.0736. The summed E-state index contributed by atoms with van der Waals surface area (Å²) in [5, 5.41) is 3.12. The fourth-order valence-electron chi connectivity index (χ4n) is 1.78. The largest absolute Gasteiger partial charge is 0.516 e. The van der Waals surface area contributed by atoms with Crippen LogP contribution in [-0.4, -0.2) is 30.3 Å². The average molecular weight is 243 g/mol. The van der Waals surface area contributed by atoms with E-state index in [2.05, 4.69) is 10.1 Å². The predicted octanol–water partition coefficient (Wildman–Crippen LogP) is 2.00. The SMILES string of the molecule is CCCCOC(=O)OC(=O)[C@@H]1CCC(C)(C)N1. The van der Waals surface area contributed by atoms with Crippen LogP contribution >= 0.6 is 0 Å². The number of rotatable bonds is 4. The Kier molecular flexibility index (Phi) is 4.93. The topological polar surface area (TPSA) is 64.6 Å². The molecule has 0 amide bonds. The van der Waals surface area contributed by atoms with Gasteiger partial charge >= 0.3 is 12.1 Å². The van der Waals surface area contributed by atoms with Crippen molar-refractivity contribution in [2.75, 3.05) is 6.61 Å². The van der Waals surface area contributed by atoms with E-state index in [4.69, 9.17) is 4.74 Å². The van der Waals surface area contributed by atoms with Crippen LogP contribution in [0.15, 0.2) is 0 Å². The van der Waals surface area contributed by atoms with E-state index in [1.165, 1.54) is 0 Å². The molecule has 1 rings (SSSR count). The van der Waals surface area contributed by atoms with Gasteiger partial charge < -0.3 is 9.47 Å². The lowest BCUT2D eigenvalue weighted by Gasteiger charge is -2.18. The van der Waals surface area contributed by atoms with Crippen molar-refractivity contribution in [3.8, 4) is 0 Å². The molecule has 0 aromatic carbocycles. The Morgan fingerprint density at radius 3 is 2.65 bits per heavy atom. The van der Waals surface area contributed by atoms with Crippen LogP contribution < -0.4 is 5.32 Å². The van der Waals surface area contributed by atoms with Crippen LogP contribution in [0, 0.1) is 0 Å². The van der Waals surface area contributed by atoms with Crippen LogP contribution in [0.3, 0.4) is 0 Å². The first-order valence-electron chi connectivity index (χ1n) is 6.11. The van der Waals surface area contributed by atoms with Crippen LogP contribution in [0.2, 0.25) is 0 Å². The lowest BCUT2D eigenvalue weighted by Crippen LogP contribution is -2.42. The van der Waals surface area contributed by atoms with Gasteiger partial charge in [0.25, 0.3) is 0 Å². The summed E-state index contributed by atoms with van der Waals surface area (Å²) in [6.07, 6.45) is 2.39. The van der Waals surface area contributed by atoms with Crippen molar-refractivity contribution >= 4 is 12.1 Å². The van der Waals surface area contributed by atoms with Crippen LogP contribution in [0.25, 0.3) is 0 Å². The summed E-state index contributed by atoms with van der Waals surface area (Å²) in [5.41, 5.74) is -0.0736. The van der Waals surface area contributed by atoms with Gasteiger partial charge in [-0.2, -0.15) is 0 Å². The van der Waals surface area contributed by atoms with E-state index in [0.29, 0.717) is 13.0 Å². The minimum Gasteiger partial charge on any atom is -0.434 e. The van der Waals surface area contributed by atoms with Crippen LogP contribution in [0.4, 0.5) is 4.79 Å². The van der Waals surface area contributed by atoms with Gasteiger partial charge in [-0.05, 0) is 33.1 Å². The molecule has 1 fully saturated rings. The zero-order valence-electron chi connectivity index (χ0n) is 10.7. The highest BCUT2D eigenvalue weighted by Crippen LogP contribution is 2.22. The second-order valence-electron chi connectivity index (χ2n) is 4.99. The van der Waals surface area contributed by atoms with Gasteiger partial charge in [-0.25, -0.2) is 9.59 Å². The van der Waals surface area contributed by atoms with E-state index >= 15 is 0 Å². The monoisotopic (exact) mass is 243 g/mol. The number of carbonyl (C=O) groups excluding carboxylic acids is 2. The van der Waals surface area contributed by atoms with E-state index in [1.54, 1.807) is 0 Å². The summed E-state index contributed by atoms with van der Waals surface area (Å²) in [5.74, 6) is -0.544. The number of unbranched alkanes of at least 4 members (excludes halogenated alkanes) is 1. The Labute approximate surface area is 102 Å². The molecule has 0 spiro atoms. The lowest BCUT2D eigenvalue weighted by molar-refractivity contribution is -0.142. The van der Waals surface area contributed by atoms with Crippen molar-refractivity contribution in [1.82, 2.24) is 5.32 Å². The summed E-state index contributed by atoms with van der Waals surface area (Å²) in [6, 6.07) is -0.399. The minimum atomic E-state index is -0.894. The van der Waals surface area contributed by atoms with Crippen molar-refractivity contribution in [1.29, 1.82) is 0 Å². The molecule has 1 heterocycles. The number of ether oxygens (including phenoxy) is 2. The molecule has 5 heteroatoms. The molecule has 1 N–H and O–H groups in total. The maximum atomic E-state index is 11.6. The second-order valence-corrected chi connectivity index (χ2v) is 4.99. The third kappa shape index (κ3) is 4.73. The van der Waals surface area contributed by atoms with Gasteiger partial charge in [0.1, 0.15) is 6.04 Å². The van der Waals surface area contributed by atoms with Gasteiger partial charge in [0, 0.05) is 5.54 Å². The highest BCUT2D eigenvalue weighted by Gasteiger charge is 2.36. The molecule has 17 heavy (non-hydrogen) atoms. The van der Waals surface area contributed by atoms with E-state index in [-0.39, 0.29) is 5.54 Å². The molecule has 0 radical (unpaired) electrons. The Morgan fingerprint density at radius 1 is 1.41 bits per heavy atom. The van der Waals surface area contributed by atoms with Crippen molar-refractivity contribution in [2.24, 2.45) is 0 Å². The molecule has 1 atom stereocenters. The molecular formula is C12H21NO4. The summed E-state index contributed by atoms with van der Waals surface area (Å²) in [6.45, 7) is 6.32. The predicted molar refractivity (Wildman–Crippen MR) is 62.6 cm³/mol. The molecule has 0 aliphatic carbocycles. The molecule has 0 aromatic rings. The molecule has 1 saturated heterocycles. The van der Waals surface area contributed by atoms with E-state index < -0.39 is 18.2 Å². The third-order valence-corrected chi connectivity index (χ3v) is 2.81. The maximum Gasteiger partial charge on any atom is 0.516 e. The van der Waals surface area contributed by atoms with Gasteiger partial charge in [0.05, 0.1) is 6.61 Å². The first-order chi connectivity index (χ1) is 7.94. The van der Waals surface area contributed by atoms with Crippen molar-refractivity contribution in [2.45, 2.75) is 58.0 Å². The maximum absolute atomic E-state index is 11.6. The van der Waals surface area contributed by atoms with Crippen molar-refractivity contribution < 1.29 is 19.1 Å². The molecule has 1 aliphatic rings. The number of hydrogen-bond acceptors (Lipinski definition) is 5. The molecule has 1 aliphatic heterocycles. The number of carbonyl (C=O) groups is 2. The van der Waals surface area contributed by atoms with Crippen molar-refractivity contribution in [3.63, 3.8) is 0 Å². The van der Waals surface area contributed by atoms with E-state index in [0.717, 1.165) is 19.3 Å². The van der Waals surface area contributed by atoms with Crippen LogP contribution in [0.5, 0.6) is 0 Å². The molecule has 5 nitrogen and oxygen atoms in total. The van der Waals surface area contributed by atoms with Gasteiger partial charge in [0.2, 0.25) is 0 Å². The standard InChI is InChI=1S/C12H21NO4/c1-4-5-8-16-11(15)17-10(14)9-6-7-12(2,3)13-9/h9,13H,4-8H2,1-3H3/t9-/m0/s1. The quantitative estimate of drug-likeness (QED) is 0.465. The molecule has 0 bridgehead atoms. The zero-order valence-corrected chi connectivity index (χ0v) is 10.7. The van der Waals surface area contributed by atoms with Gasteiger partial charge in [-0.3, -0.25) is 5.32 Å². The van der Waals surface area contributed by atoms with E-state index in [9.17, 15) is 9.59 Å². The summed E-state index contributed by atoms with van der Waals surface area (Å²) in [4.78, 5) is 22.7. The Balaban J connectivity index is 2.27. The lowest BCUT2D eigenvalue weighted by atomic mass is 10.0. The van der Waals surface area contributed by atoms with E-state index in [1.807, 2.05) is 20.8 Å². The molecular weight excluding hydrogens is 222 g/mol. The Morgan fingerprint density at radius 2 is 2.12 bits per heavy atom. The fraction of sp³-hybridized carbons (Fsp3) is 0.833. The number of hydrogen-bond donors (Lipinski definition) is 1. The first-order valence-corrected chi connectivity index (χ1v) is 6.11. The average Bonchev–Trinajstić information content (AvgIpc) is 2.59. The fourth-order valence-corrected chi connectivity index (χ4v) is 1.78. The Hall–Kier alpha value is -1.10. The number of nitrogens with one attached hydrogen (secondary N) is 1. The van der Waals surface area contributed by atoms with Crippen LogP contribution in [-0.2, 0) is 14.3 Å². The molecule has 0 aromatic heterocycles. The molecule has 98 valence electrons. The van der Waals surface area contributed by atoms with Crippen molar-refractivity contribution in [3.05, 3.63) is 0 Å². The number of esters is 1. The summed E-state index contributed by atoms with van der Waals surface area (Å²) < 4.78 is 9.37. The molecule has 0 unspecified atom stereocenters. The van der Waals surface area contributed by atoms with Gasteiger partial charge in [-0.1, -0.05) is 13.3 Å². The van der Waals surface area contributed by atoms with Crippen LogP contribution in [0.1, 0.15) is 46.5 Å². The molecule has 0 saturated carbocycles. The van der Waals surface area contributed by atoms with Gasteiger partial charge in [0.15, 0.2) is 0 Å². The highest BCUT2D eigenvalue weighted by atomic mass is 16.7. The zero-order chi connectivity index (χ0) is 12.9. The summed E-state index contributed by atoms with van der Waals surface area (Å²) >= 11 is 0.